The van der Waals surface area contributed by atoms with Gasteiger partial charge in [0.1, 0.15) is 5.82 Å². The smallest absolute Gasteiger partial charge is 0.241 e. The van der Waals surface area contributed by atoms with Gasteiger partial charge in [-0.3, -0.25) is 4.90 Å². The number of nitrogens with zero attached hydrogens (tertiary/aromatic N) is 3. The first-order valence-corrected chi connectivity index (χ1v) is 7.91. The van der Waals surface area contributed by atoms with Gasteiger partial charge in [0.15, 0.2) is 0 Å². The van der Waals surface area contributed by atoms with E-state index in [1.165, 1.54) is 6.07 Å². The number of likely N-dealkylation sites (tertiary alicyclic amines) is 1. The molecule has 3 rings (SSSR count). The van der Waals surface area contributed by atoms with E-state index in [2.05, 4.69) is 22.0 Å². The van der Waals surface area contributed by atoms with Crippen molar-refractivity contribution in [1.29, 1.82) is 0 Å². The zero-order valence-corrected chi connectivity index (χ0v) is 13.5. The zero-order valence-electron chi connectivity index (χ0n) is 13.5. The Morgan fingerprint density at radius 3 is 3.00 bits per heavy atom. The average molecular weight is 319 g/mol. The van der Waals surface area contributed by atoms with Gasteiger partial charge in [0, 0.05) is 24.1 Å². The molecule has 0 radical (unpaired) electrons. The first-order valence-electron chi connectivity index (χ1n) is 7.91. The molecule has 1 aromatic heterocycles. The van der Waals surface area contributed by atoms with Gasteiger partial charge in [-0.25, -0.2) is 4.39 Å². The van der Waals surface area contributed by atoms with Crippen molar-refractivity contribution in [3.8, 4) is 11.4 Å². The SMILES string of the molecule is Cc1ccc(-c2noc(CN3CCCC(C)(CO)C3)n2)cc1F. The molecule has 0 spiro atoms. The molecule has 2 aromatic rings. The lowest BCUT2D eigenvalue weighted by atomic mass is 9.83. The molecule has 1 unspecified atom stereocenters. The summed E-state index contributed by atoms with van der Waals surface area (Å²) in [6, 6.07) is 4.92. The molecule has 1 N–H and O–H groups in total. The van der Waals surface area contributed by atoms with Gasteiger partial charge in [-0.1, -0.05) is 24.2 Å². The molecule has 0 aliphatic carbocycles. The van der Waals surface area contributed by atoms with Crippen LogP contribution in [0.2, 0.25) is 0 Å². The third-order valence-corrected chi connectivity index (χ3v) is 4.50. The number of aliphatic hydroxyl groups excluding tert-OH is 1. The molecule has 1 fully saturated rings. The van der Waals surface area contributed by atoms with Crippen molar-refractivity contribution >= 4 is 0 Å². The van der Waals surface area contributed by atoms with E-state index in [0.29, 0.717) is 29.4 Å². The molecule has 1 atom stereocenters. The molecule has 0 saturated carbocycles. The zero-order chi connectivity index (χ0) is 16.4. The van der Waals surface area contributed by atoms with Gasteiger partial charge in [0.05, 0.1) is 6.54 Å². The monoisotopic (exact) mass is 319 g/mol. The van der Waals surface area contributed by atoms with E-state index in [-0.39, 0.29) is 17.8 Å². The van der Waals surface area contributed by atoms with Crippen molar-refractivity contribution in [1.82, 2.24) is 15.0 Å². The predicted octanol–water partition coefficient (Wildman–Crippen LogP) is 2.78. The Morgan fingerprint density at radius 1 is 1.43 bits per heavy atom. The standard InChI is InChI=1S/C17H22FN3O2/c1-12-4-5-13(8-14(12)18)16-19-15(23-20-16)9-21-7-3-6-17(2,10-21)11-22/h4-5,8,22H,3,6-7,9-11H2,1-2H3. The minimum absolute atomic E-state index is 0.0683. The van der Waals surface area contributed by atoms with Crippen LogP contribution in [0.25, 0.3) is 11.4 Å². The van der Waals surface area contributed by atoms with E-state index in [4.69, 9.17) is 4.52 Å². The van der Waals surface area contributed by atoms with Crippen LogP contribution in [0, 0.1) is 18.2 Å². The number of hydrogen-bond donors (Lipinski definition) is 1. The molecule has 23 heavy (non-hydrogen) atoms. The molecule has 6 heteroatoms. The van der Waals surface area contributed by atoms with E-state index in [1.807, 2.05) is 0 Å². The molecule has 124 valence electrons. The normalized spacial score (nSPS) is 22.4. The van der Waals surface area contributed by atoms with Gasteiger partial charge < -0.3 is 9.63 Å². The van der Waals surface area contributed by atoms with E-state index < -0.39 is 0 Å². The van der Waals surface area contributed by atoms with Gasteiger partial charge in [0.25, 0.3) is 0 Å². The number of piperidine rings is 1. The predicted molar refractivity (Wildman–Crippen MR) is 84.1 cm³/mol. The topological polar surface area (TPSA) is 62.4 Å². The Morgan fingerprint density at radius 2 is 2.26 bits per heavy atom. The fourth-order valence-corrected chi connectivity index (χ4v) is 3.05. The van der Waals surface area contributed by atoms with Crippen molar-refractivity contribution < 1.29 is 14.0 Å². The second kappa shape index (κ2) is 6.37. The van der Waals surface area contributed by atoms with E-state index in [0.717, 1.165) is 25.9 Å². The number of hydrogen-bond acceptors (Lipinski definition) is 5. The van der Waals surface area contributed by atoms with Crippen LogP contribution >= 0.6 is 0 Å². The number of benzene rings is 1. The fraction of sp³-hybridized carbons (Fsp3) is 0.529. The lowest BCUT2D eigenvalue weighted by Crippen LogP contribution is -2.43. The van der Waals surface area contributed by atoms with Gasteiger partial charge in [-0.2, -0.15) is 4.98 Å². The van der Waals surface area contributed by atoms with Crippen molar-refractivity contribution in [2.45, 2.75) is 33.2 Å². The number of aromatic nitrogens is 2. The molecule has 1 saturated heterocycles. The van der Waals surface area contributed by atoms with Crippen molar-refractivity contribution in [2.24, 2.45) is 5.41 Å². The largest absolute Gasteiger partial charge is 0.396 e. The molecule has 1 aliphatic heterocycles. The van der Waals surface area contributed by atoms with Gasteiger partial charge >= 0.3 is 0 Å². The van der Waals surface area contributed by atoms with Crippen LogP contribution < -0.4 is 0 Å². The molecule has 0 amide bonds. The van der Waals surface area contributed by atoms with Crippen molar-refractivity contribution in [2.75, 3.05) is 19.7 Å². The maximum absolute atomic E-state index is 13.7. The van der Waals surface area contributed by atoms with Crippen LogP contribution in [-0.4, -0.2) is 39.8 Å². The third kappa shape index (κ3) is 3.59. The highest BCUT2D eigenvalue weighted by atomic mass is 19.1. The minimum Gasteiger partial charge on any atom is -0.396 e. The quantitative estimate of drug-likeness (QED) is 0.939. The molecule has 1 aliphatic rings. The number of halogens is 1. The number of aryl methyl sites for hydroxylation is 1. The summed E-state index contributed by atoms with van der Waals surface area (Å²) >= 11 is 0. The lowest BCUT2D eigenvalue weighted by molar-refractivity contribution is 0.0382. The Hall–Kier alpha value is -1.79. The minimum atomic E-state index is -0.274. The highest BCUT2D eigenvalue weighted by Gasteiger charge is 2.31. The summed E-state index contributed by atoms with van der Waals surface area (Å²) in [6.45, 7) is 6.30. The van der Waals surface area contributed by atoms with Crippen molar-refractivity contribution in [3.63, 3.8) is 0 Å². The maximum Gasteiger partial charge on any atom is 0.241 e. The Bertz CT molecular complexity index is 688. The number of rotatable bonds is 4. The number of aliphatic hydroxyl groups is 1. The Balaban J connectivity index is 1.71. The van der Waals surface area contributed by atoms with E-state index in [1.54, 1.807) is 19.1 Å². The first-order chi connectivity index (χ1) is 11.0. The van der Waals surface area contributed by atoms with Gasteiger partial charge in [-0.15, -0.1) is 0 Å². The molecule has 0 bridgehead atoms. The molecular formula is C17H22FN3O2. The van der Waals surface area contributed by atoms with Crippen LogP contribution in [-0.2, 0) is 6.54 Å². The summed E-state index contributed by atoms with van der Waals surface area (Å²) < 4.78 is 19.0. The lowest BCUT2D eigenvalue weighted by Gasteiger charge is -2.38. The highest BCUT2D eigenvalue weighted by molar-refractivity contribution is 5.54. The van der Waals surface area contributed by atoms with Crippen LogP contribution in [0.1, 0.15) is 31.2 Å². The second-order valence-corrected chi connectivity index (χ2v) is 6.76. The van der Waals surface area contributed by atoms with E-state index in [9.17, 15) is 9.50 Å². The first kappa shape index (κ1) is 16.1. The summed E-state index contributed by atoms with van der Waals surface area (Å²) in [5, 5.41) is 13.5. The Labute approximate surface area is 135 Å². The van der Waals surface area contributed by atoms with Gasteiger partial charge in [-0.05, 0) is 37.9 Å². The van der Waals surface area contributed by atoms with Crippen LogP contribution in [0.4, 0.5) is 4.39 Å². The van der Waals surface area contributed by atoms with Crippen LogP contribution in [0.15, 0.2) is 22.7 Å². The molecule has 2 heterocycles. The fourth-order valence-electron chi connectivity index (χ4n) is 3.05. The second-order valence-electron chi connectivity index (χ2n) is 6.76. The maximum atomic E-state index is 13.7. The highest BCUT2D eigenvalue weighted by Crippen LogP contribution is 2.29. The average Bonchev–Trinajstić information content (AvgIpc) is 2.98. The summed E-state index contributed by atoms with van der Waals surface area (Å²) in [6.07, 6.45) is 2.07. The summed E-state index contributed by atoms with van der Waals surface area (Å²) in [5.41, 5.74) is 1.14. The van der Waals surface area contributed by atoms with E-state index >= 15 is 0 Å². The van der Waals surface area contributed by atoms with Gasteiger partial charge in [0.2, 0.25) is 11.7 Å². The van der Waals surface area contributed by atoms with Crippen LogP contribution in [0.5, 0.6) is 0 Å². The van der Waals surface area contributed by atoms with Crippen molar-refractivity contribution in [3.05, 3.63) is 35.5 Å². The summed E-state index contributed by atoms with van der Waals surface area (Å²) in [7, 11) is 0. The molecule has 5 nitrogen and oxygen atoms in total. The third-order valence-electron chi connectivity index (χ3n) is 4.50. The Kier molecular flexibility index (Phi) is 4.46. The molecular weight excluding hydrogens is 297 g/mol. The van der Waals surface area contributed by atoms with Crippen LogP contribution in [0.3, 0.4) is 0 Å². The molecule has 1 aromatic carbocycles. The summed E-state index contributed by atoms with van der Waals surface area (Å²) in [4.78, 5) is 6.59. The summed E-state index contributed by atoms with van der Waals surface area (Å²) in [5.74, 6) is 0.646.